The van der Waals surface area contributed by atoms with E-state index in [2.05, 4.69) is 18.9 Å². The van der Waals surface area contributed by atoms with Gasteiger partial charge in [0.1, 0.15) is 5.75 Å². The number of hydrogen-bond donors (Lipinski definition) is 2. The van der Waals surface area contributed by atoms with Crippen LogP contribution in [0, 0.1) is 0 Å². The van der Waals surface area contributed by atoms with Crippen LogP contribution in [0.25, 0.3) is 0 Å². The number of phenols is 1. The third kappa shape index (κ3) is 3.93. The number of anilines is 1. The molecule has 0 amide bonds. The second kappa shape index (κ2) is 6.50. The third-order valence-corrected chi connectivity index (χ3v) is 3.04. The summed E-state index contributed by atoms with van der Waals surface area (Å²) >= 11 is 0. The molecular weight excluding hydrogens is 212 g/mol. The van der Waals surface area contributed by atoms with Crippen LogP contribution in [-0.2, 0) is 0 Å². The maximum absolute atomic E-state index is 9.88. The molecule has 96 valence electrons. The van der Waals surface area contributed by atoms with Gasteiger partial charge in [0.25, 0.3) is 0 Å². The monoisotopic (exact) mass is 236 g/mol. The highest BCUT2D eigenvalue weighted by Gasteiger charge is 2.08. The lowest BCUT2D eigenvalue weighted by Crippen LogP contribution is -2.18. The zero-order chi connectivity index (χ0) is 12.8. The first-order chi connectivity index (χ1) is 8.06. The summed E-state index contributed by atoms with van der Waals surface area (Å²) in [6.45, 7) is 5.09. The maximum Gasteiger partial charge on any atom is 0.122 e. The Balaban J connectivity index is 2.69. The van der Waals surface area contributed by atoms with E-state index in [1.54, 1.807) is 6.07 Å². The summed E-state index contributed by atoms with van der Waals surface area (Å²) in [6.07, 6.45) is 3.65. The molecule has 0 bridgehead atoms. The lowest BCUT2D eigenvalue weighted by atomic mass is 10.1. The fraction of sp³-hybridized carbons (Fsp3) is 0.571. The van der Waals surface area contributed by atoms with Gasteiger partial charge in [-0.1, -0.05) is 25.8 Å². The molecule has 0 heterocycles. The van der Waals surface area contributed by atoms with E-state index < -0.39 is 0 Å². The van der Waals surface area contributed by atoms with Crippen molar-refractivity contribution in [3.63, 3.8) is 0 Å². The number of unbranched alkanes of at least 4 members (excludes halogenated alkanes) is 2. The first kappa shape index (κ1) is 13.8. The van der Waals surface area contributed by atoms with Crippen molar-refractivity contribution in [1.29, 1.82) is 0 Å². The van der Waals surface area contributed by atoms with Crippen LogP contribution < -0.4 is 10.6 Å². The van der Waals surface area contributed by atoms with Crippen LogP contribution in [0.1, 0.15) is 44.7 Å². The Morgan fingerprint density at radius 3 is 2.59 bits per heavy atom. The number of aromatic hydroxyl groups is 1. The van der Waals surface area contributed by atoms with E-state index >= 15 is 0 Å². The Labute approximate surface area is 104 Å². The van der Waals surface area contributed by atoms with Gasteiger partial charge in [0.05, 0.1) is 0 Å². The van der Waals surface area contributed by atoms with Crippen molar-refractivity contribution in [2.75, 3.05) is 18.5 Å². The Hall–Kier alpha value is -1.22. The molecule has 0 radical (unpaired) electrons. The van der Waals surface area contributed by atoms with Crippen molar-refractivity contribution in [2.45, 2.75) is 39.2 Å². The van der Waals surface area contributed by atoms with Crippen LogP contribution in [0.5, 0.6) is 5.75 Å². The molecule has 0 spiro atoms. The van der Waals surface area contributed by atoms with Gasteiger partial charge < -0.3 is 15.7 Å². The summed E-state index contributed by atoms with van der Waals surface area (Å²) in [5.41, 5.74) is 7.61. The molecule has 0 fully saturated rings. The van der Waals surface area contributed by atoms with E-state index in [0.717, 1.165) is 17.8 Å². The van der Waals surface area contributed by atoms with E-state index in [0.29, 0.717) is 5.75 Å². The fourth-order valence-electron chi connectivity index (χ4n) is 1.88. The molecule has 0 aliphatic heterocycles. The van der Waals surface area contributed by atoms with Crippen molar-refractivity contribution in [1.82, 2.24) is 0 Å². The van der Waals surface area contributed by atoms with Crippen LogP contribution >= 0.6 is 0 Å². The number of hydrogen-bond acceptors (Lipinski definition) is 3. The molecule has 1 aromatic rings. The average Bonchev–Trinajstić information content (AvgIpc) is 2.28. The van der Waals surface area contributed by atoms with Crippen molar-refractivity contribution in [3.05, 3.63) is 23.8 Å². The topological polar surface area (TPSA) is 49.5 Å². The van der Waals surface area contributed by atoms with Crippen LogP contribution in [0.2, 0.25) is 0 Å². The molecule has 3 nitrogen and oxygen atoms in total. The largest absolute Gasteiger partial charge is 0.508 e. The van der Waals surface area contributed by atoms with Crippen LogP contribution in [0.15, 0.2) is 18.2 Å². The van der Waals surface area contributed by atoms with Gasteiger partial charge >= 0.3 is 0 Å². The first-order valence-corrected chi connectivity index (χ1v) is 6.36. The van der Waals surface area contributed by atoms with Gasteiger partial charge in [0.15, 0.2) is 0 Å². The predicted molar refractivity (Wildman–Crippen MR) is 73.5 cm³/mol. The second-order valence-electron chi connectivity index (χ2n) is 4.66. The smallest absolute Gasteiger partial charge is 0.122 e. The Kier molecular flexibility index (Phi) is 5.29. The van der Waals surface area contributed by atoms with Gasteiger partial charge in [-0.15, -0.1) is 0 Å². The molecule has 0 aliphatic rings. The molecule has 1 atom stereocenters. The van der Waals surface area contributed by atoms with Gasteiger partial charge in [-0.2, -0.15) is 0 Å². The molecular formula is C14H24N2O. The maximum atomic E-state index is 9.88. The van der Waals surface area contributed by atoms with Crippen LogP contribution in [0.3, 0.4) is 0 Å². The number of benzene rings is 1. The highest BCUT2D eigenvalue weighted by molar-refractivity contribution is 5.53. The summed E-state index contributed by atoms with van der Waals surface area (Å²) in [5, 5.41) is 9.88. The lowest BCUT2D eigenvalue weighted by Gasteiger charge is -2.20. The normalized spacial score (nSPS) is 12.5. The zero-order valence-corrected chi connectivity index (χ0v) is 11.1. The first-order valence-electron chi connectivity index (χ1n) is 6.36. The van der Waals surface area contributed by atoms with E-state index in [9.17, 15) is 5.11 Å². The fourth-order valence-corrected chi connectivity index (χ4v) is 1.88. The molecule has 1 aromatic carbocycles. The summed E-state index contributed by atoms with van der Waals surface area (Å²) in [6, 6.07) is 5.59. The number of phenolic OH excluding ortho intramolecular Hbond substituents is 1. The molecule has 3 N–H and O–H groups in total. The quantitative estimate of drug-likeness (QED) is 0.746. The Bertz CT molecular complexity index is 350. The van der Waals surface area contributed by atoms with Gasteiger partial charge in [-0.3, -0.25) is 0 Å². The summed E-state index contributed by atoms with van der Waals surface area (Å²) in [7, 11) is 2.05. The number of rotatable bonds is 6. The number of nitrogens with zero attached hydrogens (tertiary/aromatic N) is 1. The van der Waals surface area contributed by atoms with E-state index in [4.69, 9.17) is 5.73 Å². The van der Waals surface area contributed by atoms with Crippen molar-refractivity contribution in [3.8, 4) is 5.75 Å². The SMILES string of the molecule is CCCCCN(C)c1ccc(C(C)N)c(O)c1. The van der Waals surface area contributed by atoms with Crippen molar-refractivity contribution < 1.29 is 5.11 Å². The van der Waals surface area contributed by atoms with Gasteiger partial charge in [-0.05, 0) is 19.4 Å². The molecule has 3 heteroatoms. The molecule has 1 rings (SSSR count). The minimum atomic E-state index is -0.130. The van der Waals surface area contributed by atoms with E-state index in [-0.39, 0.29) is 6.04 Å². The second-order valence-corrected chi connectivity index (χ2v) is 4.66. The molecule has 17 heavy (non-hydrogen) atoms. The lowest BCUT2D eigenvalue weighted by molar-refractivity contribution is 0.463. The standard InChI is InChI=1S/C14H24N2O/c1-4-5-6-9-16(3)12-7-8-13(11(2)15)14(17)10-12/h7-8,10-11,17H,4-6,9,15H2,1-3H3. The van der Waals surface area contributed by atoms with Gasteiger partial charge in [0.2, 0.25) is 0 Å². The average molecular weight is 236 g/mol. The summed E-state index contributed by atoms with van der Waals surface area (Å²) in [4.78, 5) is 2.17. The number of nitrogens with two attached hydrogens (primary N) is 1. The minimum absolute atomic E-state index is 0.130. The minimum Gasteiger partial charge on any atom is -0.508 e. The Morgan fingerprint density at radius 1 is 1.35 bits per heavy atom. The molecule has 1 unspecified atom stereocenters. The van der Waals surface area contributed by atoms with E-state index in [1.807, 2.05) is 19.1 Å². The van der Waals surface area contributed by atoms with Gasteiger partial charge in [0, 0.05) is 37.0 Å². The third-order valence-electron chi connectivity index (χ3n) is 3.04. The highest BCUT2D eigenvalue weighted by Crippen LogP contribution is 2.27. The predicted octanol–water partition coefficient (Wildman–Crippen LogP) is 3.04. The summed E-state index contributed by atoms with van der Waals surface area (Å²) < 4.78 is 0. The van der Waals surface area contributed by atoms with Crippen molar-refractivity contribution >= 4 is 5.69 Å². The zero-order valence-electron chi connectivity index (χ0n) is 11.1. The Morgan fingerprint density at radius 2 is 2.06 bits per heavy atom. The van der Waals surface area contributed by atoms with Crippen molar-refractivity contribution in [2.24, 2.45) is 5.73 Å². The molecule has 0 aromatic heterocycles. The summed E-state index contributed by atoms with van der Waals surface area (Å²) in [5.74, 6) is 0.292. The molecule has 0 saturated heterocycles. The van der Waals surface area contributed by atoms with E-state index in [1.165, 1.54) is 19.3 Å². The van der Waals surface area contributed by atoms with Gasteiger partial charge in [-0.25, -0.2) is 0 Å². The van der Waals surface area contributed by atoms with Crippen LogP contribution in [0.4, 0.5) is 5.69 Å². The molecule has 0 aliphatic carbocycles. The highest BCUT2D eigenvalue weighted by atomic mass is 16.3. The molecule has 0 saturated carbocycles. The van der Waals surface area contributed by atoms with Crippen LogP contribution in [-0.4, -0.2) is 18.7 Å².